The largest absolute Gasteiger partial charge is 0.491 e. The molecule has 0 aliphatic carbocycles. The van der Waals surface area contributed by atoms with E-state index in [0.717, 1.165) is 55.9 Å². The zero-order valence-corrected chi connectivity index (χ0v) is 18.1. The van der Waals surface area contributed by atoms with Gasteiger partial charge in [-0.25, -0.2) is 0 Å². The lowest BCUT2D eigenvalue weighted by Gasteiger charge is -2.37. The van der Waals surface area contributed by atoms with Crippen molar-refractivity contribution in [3.8, 4) is 5.75 Å². The number of nitrogens with one attached hydrogen (secondary N) is 2. The van der Waals surface area contributed by atoms with Crippen LogP contribution in [-0.4, -0.2) is 35.5 Å². The minimum Gasteiger partial charge on any atom is -0.491 e. The monoisotopic (exact) mass is 407 g/mol. The number of rotatable bonds is 4. The molecular formula is C25H33N3O2. The predicted octanol–water partition coefficient (Wildman–Crippen LogP) is 4.33. The molecule has 0 bridgehead atoms. The molecule has 5 heteroatoms. The number of fused-ring (bicyclic) bond motifs is 1. The standard InChI is InChI=1S/C25H33N3O2/c1-19(2)30-22-10-8-20(9-11-22)18-28-14-5-12-25(13-15-28)16-24(29)26-17-21-6-3-4-7-23(21)27-25/h3-4,6-11,19,27H,5,12-18H2,1-2H3,(H,26,29)/t25-/m1/s1. The third-order valence-corrected chi connectivity index (χ3v) is 6.13. The van der Waals surface area contributed by atoms with E-state index >= 15 is 0 Å². The number of anilines is 1. The van der Waals surface area contributed by atoms with Gasteiger partial charge in [-0.3, -0.25) is 9.69 Å². The molecular weight excluding hydrogens is 374 g/mol. The normalized spacial score (nSPS) is 22.4. The summed E-state index contributed by atoms with van der Waals surface area (Å²) in [6.45, 7) is 7.65. The van der Waals surface area contributed by atoms with Crippen molar-refractivity contribution in [1.29, 1.82) is 0 Å². The fraction of sp³-hybridized carbons (Fsp3) is 0.480. The molecule has 1 amide bonds. The van der Waals surface area contributed by atoms with Crippen LogP contribution in [0.4, 0.5) is 5.69 Å². The minimum atomic E-state index is -0.176. The minimum absolute atomic E-state index is 0.145. The maximum absolute atomic E-state index is 12.5. The van der Waals surface area contributed by atoms with Gasteiger partial charge in [0.15, 0.2) is 0 Å². The maximum Gasteiger partial charge on any atom is 0.222 e. The van der Waals surface area contributed by atoms with Crippen LogP contribution >= 0.6 is 0 Å². The average molecular weight is 408 g/mol. The lowest BCUT2D eigenvalue weighted by molar-refractivity contribution is -0.122. The summed E-state index contributed by atoms with van der Waals surface area (Å²) in [5, 5.41) is 6.89. The van der Waals surface area contributed by atoms with Crippen LogP contribution in [-0.2, 0) is 17.9 Å². The number of carbonyl (C=O) groups is 1. The maximum atomic E-state index is 12.5. The number of hydrogen-bond donors (Lipinski definition) is 2. The molecule has 5 nitrogen and oxygen atoms in total. The van der Waals surface area contributed by atoms with Gasteiger partial charge < -0.3 is 15.4 Å². The molecule has 1 saturated heterocycles. The van der Waals surface area contributed by atoms with Gasteiger partial charge in [-0.1, -0.05) is 30.3 Å². The molecule has 2 aromatic carbocycles. The van der Waals surface area contributed by atoms with Crippen molar-refractivity contribution in [2.24, 2.45) is 0 Å². The molecule has 2 aliphatic rings. The Kier molecular flexibility index (Phi) is 6.28. The highest BCUT2D eigenvalue weighted by atomic mass is 16.5. The number of hydrogen-bond acceptors (Lipinski definition) is 4. The highest BCUT2D eigenvalue weighted by Gasteiger charge is 2.36. The summed E-state index contributed by atoms with van der Waals surface area (Å²) in [7, 11) is 0. The summed E-state index contributed by atoms with van der Waals surface area (Å²) in [6, 6.07) is 16.8. The van der Waals surface area contributed by atoms with Crippen molar-refractivity contribution in [3.05, 3.63) is 59.7 Å². The quantitative estimate of drug-likeness (QED) is 0.792. The van der Waals surface area contributed by atoms with Gasteiger partial charge in [-0.05, 0) is 69.0 Å². The number of carbonyl (C=O) groups excluding carboxylic acids is 1. The van der Waals surface area contributed by atoms with Crippen molar-refractivity contribution < 1.29 is 9.53 Å². The molecule has 0 unspecified atom stereocenters. The summed E-state index contributed by atoms with van der Waals surface area (Å²) < 4.78 is 5.76. The Morgan fingerprint density at radius 2 is 1.87 bits per heavy atom. The summed E-state index contributed by atoms with van der Waals surface area (Å²) in [4.78, 5) is 15.0. The average Bonchev–Trinajstić information content (AvgIpc) is 2.90. The second kappa shape index (κ2) is 9.09. The molecule has 30 heavy (non-hydrogen) atoms. The zero-order valence-electron chi connectivity index (χ0n) is 18.1. The van der Waals surface area contributed by atoms with E-state index in [-0.39, 0.29) is 17.6 Å². The molecule has 2 heterocycles. The molecule has 2 aromatic rings. The first-order valence-corrected chi connectivity index (χ1v) is 11.1. The van der Waals surface area contributed by atoms with E-state index in [1.54, 1.807) is 0 Å². The first kappa shape index (κ1) is 20.7. The van der Waals surface area contributed by atoms with Gasteiger partial charge >= 0.3 is 0 Å². The number of ether oxygens (including phenoxy) is 1. The second-order valence-electron chi connectivity index (χ2n) is 8.96. The summed E-state index contributed by atoms with van der Waals surface area (Å²) in [5.41, 5.74) is 3.45. The Morgan fingerprint density at radius 1 is 1.07 bits per heavy atom. The Bertz CT molecular complexity index is 865. The van der Waals surface area contributed by atoms with Crippen LogP contribution in [0.15, 0.2) is 48.5 Å². The van der Waals surface area contributed by atoms with Crippen LogP contribution in [0.5, 0.6) is 5.75 Å². The van der Waals surface area contributed by atoms with Crippen LogP contribution in [0, 0.1) is 0 Å². The number of benzene rings is 2. The lowest BCUT2D eigenvalue weighted by atomic mass is 9.85. The van der Waals surface area contributed by atoms with Crippen LogP contribution in [0.3, 0.4) is 0 Å². The topological polar surface area (TPSA) is 53.6 Å². The Balaban J connectivity index is 1.43. The van der Waals surface area contributed by atoms with Gasteiger partial charge in [0, 0.05) is 37.3 Å². The summed E-state index contributed by atoms with van der Waals surface area (Å²) in [6.07, 6.45) is 3.78. The molecule has 1 fully saturated rings. The van der Waals surface area contributed by atoms with E-state index in [4.69, 9.17) is 4.74 Å². The molecule has 0 saturated carbocycles. The third-order valence-electron chi connectivity index (χ3n) is 6.13. The van der Waals surface area contributed by atoms with E-state index in [1.807, 2.05) is 19.9 Å². The highest BCUT2D eigenvalue weighted by molar-refractivity contribution is 5.79. The third kappa shape index (κ3) is 5.14. The molecule has 2 N–H and O–H groups in total. The number of amides is 1. The highest BCUT2D eigenvalue weighted by Crippen LogP contribution is 2.33. The van der Waals surface area contributed by atoms with Crippen molar-refractivity contribution in [1.82, 2.24) is 10.2 Å². The molecule has 0 radical (unpaired) electrons. The molecule has 1 spiro atoms. The van der Waals surface area contributed by atoms with Crippen LogP contribution in [0.2, 0.25) is 0 Å². The summed E-state index contributed by atoms with van der Waals surface area (Å²) in [5.74, 6) is 1.07. The molecule has 160 valence electrons. The van der Waals surface area contributed by atoms with Crippen molar-refractivity contribution in [2.75, 3.05) is 18.4 Å². The fourth-order valence-corrected chi connectivity index (χ4v) is 4.60. The van der Waals surface area contributed by atoms with Gasteiger partial charge in [0.25, 0.3) is 0 Å². The van der Waals surface area contributed by atoms with E-state index in [2.05, 4.69) is 58.0 Å². The van der Waals surface area contributed by atoms with Gasteiger partial charge in [0.2, 0.25) is 5.91 Å². The lowest BCUT2D eigenvalue weighted by Crippen LogP contribution is -2.46. The van der Waals surface area contributed by atoms with Gasteiger partial charge in [-0.2, -0.15) is 0 Å². The van der Waals surface area contributed by atoms with E-state index in [9.17, 15) is 4.79 Å². The van der Waals surface area contributed by atoms with Gasteiger partial charge in [0.05, 0.1) is 6.10 Å². The first-order valence-electron chi connectivity index (χ1n) is 11.1. The van der Waals surface area contributed by atoms with Crippen LogP contribution in [0.25, 0.3) is 0 Å². The van der Waals surface area contributed by atoms with E-state index in [0.29, 0.717) is 13.0 Å². The van der Waals surface area contributed by atoms with Gasteiger partial charge in [0.1, 0.15) is 5.75 Å². The van der Waals surface area contributed by atoms with E-state index in [1.165, 1.54) is 5.56 Å². The fourth-order valence-electron chi connectivity index (χ4n) is 4.60. The van der Waals surface area contributed by atoms with Crippen molar-refractivity contribution >= 4 is 11.6 Å². The van der Waals surface area contributed by atoms with Crippen LogP contribution < -0.4 is 15.4 Å². The molecule has 2 aliphatic heterocycles. The second-order valence-corrected chi connectivity index (χ2v) is 8.96. The van der Waals surface area contributed by atoms with Gasteiger partial charge in [-0.15, -0.1) is 0 Å². The molecule has 0 aromatic heterocycles. The Morgan fingerprint density at radius 3 is 2.67 bits per heavy atom. The number of para-hydroxylation sites is 1. The van der Waals surface area contributed by atoms with Crippen molar-refractivity contribution in [2.45, 2.75) is 64.3 Å². The number of nitrogens with zero attached hydrogens (tertiary/aromatic N) is 1. The predicted molar refractivity (Wildman–Crippen MR) is 121 cm³/mol. The Hall–Kier alpha value is -2.53. The molecule has 1 atom stereocenters. The van der Waals surface area contributed by atoms with E-state index < -0.39 is 0 Å². The first-order chi connectivity index (χ1) is 14.5. The SMILES string of the molecule is CC(C)Oc1ccc(CN2CCC[C@@]3(CC2)CC(=O)NCc2ccccc2N3)cc1. The number of likely N-dealkylation sites (tertiary alicyclic amines) is 1. The smallest absolute Gasteiger partial charge is 0.222 e. The zero-order chi connectivity index (χ0) is 21.0. The molecule has 4 rings (SSSR count). The summed E-state index contributed by atoms with van der Waals surface area (Å²) >= 11 is 0. The van der Waals surface area contributed by atoms with Crippen molar-refractivity contribution in [3.63, 3.8) is 0 Å². The van der Waals surface area contributed by atoms with Crippen LogP contribution in [0.1, 0.15) is 50.7 Å². The Labute approximate surface area is 179 Å².